The summed E-state index contributed by atoms with van der Waals surface area (Å²) in [6.07, 6.45) is 6.59. The van der Waals surface area contributed by atoms with Crippen LogP contribution in [0.25, 0.3) is 6.08 Å². The maximum atomic E-state index is 13.4. The van der Waals surface area contributed by atoms with Gasteiger partial charge in [0.25, 0.3) is 0 Å². The van der Waals surface area contributed by atoms with Gasteiger partial charge in [0.05, 0.1) is 4.90 Å². The van der Waals surface area contributed by atoms with Crippen LogP contribution in [-0.2, 0) is 10.0 Å². The minimum absolute atomic E-state index is 0.0764. The summed E-state index contributed by atoms with van der Waals surface area (Å²) in [4.78, 5) is 0.356. The van der Waals surface area contributed by atoms with Gasteiger partial charge < -0.3 is 0 Å². The Balaban J connectivity index is 1.98. The Labute approximate surface area is 174 Å². The van der Waals surface area contributed by atoms with Gasteiger partial charge in [0.1, 0.15) is 0 Å². The van der Waals surface area contributed by atoms with E-state index in [0.29, 0.717) is 16.5 Å². The Morgan fingerprint density at radius 2 is 1.79 bits per heavy atom. The Kier molecular flexibility index (Phi) is 6.33. The molecule has 3 rings (SSSR count). The standard InChI is InChI=1S/C23H28ClNO2S/c1-18-9-13-21(14-10-18)28(26,27)25-16-6-15-23(2,3)17-20(25)12-11-19-7-4-5-8-22(19)24/h4-5,7-14,20H,6,15-17H2,1-3H3/b12-11+. The number of sulfonamides is 1. The molecule has 1 heterocycles. The third-order valence-corrected chi connectivity index (χ3v) is 7.68. The molecule has 0 N–H and O–H groups in total. The van der Waals surface area contributed by atoms with Crippen molar-refractivity contribution < 1.29 is 8.42 Å². The molecule has 2 aromatic rings. The number of nitrogens with zero attached hydrogens (tertiary/aromatic N) is 1. The molecule has 0 aromatic heterocycles. The molecule has 0 aliphatic carbocycles. The Morgan fingerprint density at radius 3 is 2.46 bits per heavy atom. The van der Waals surface area contributed by atoms with Crippen molar-refractivity contribution in [1.29, 1.82) is 0 Å². The van der Waals surface area contributed by atoms with Gasteiger partial charge in [0.15, 0.2) is 0 Å². The zero-order valence-electron chi connectivity index (χ0n) is 16.7. The molecule has 5 heteroatoms. The molecule has 1 atom stereocenters. The van der Waals surface area contributed by atoms with E-state index in [4.69, 9.17) is 11.6 Å². The van der Waals surface area contributed by atoms with Gasteiger partial charge in [-0.2, -0.15) is 4.31 Å². The van der Waals surface area contributed by atoms with Crippen molar-refractivity contribution in [3.63, 3.8) is 0 Å². The van der Waals surface area contributed by atoms with Gasteiger partial charge in [-0.3, -0.25) is 0 Å². The van der Waals surface area contributed by atoms with E-state index in [0.717, 1.165) is 30.4 Å². The molecule has 28 heavy (non-hydrogen) atoms. The summed E-state index contributed by atoms with van der Waals surface area (Å²) in [5.74, 6) is 0. The summed E-state index contributed by atoms with van der Waals surface area (Å²) < 4.78 is 28.5. The van der Waals surface area contributed by atoms with Crippen molar-refractivity contribution in [2.75, 3.05) is 6.54 Å². The summed E-state index contributed by atoms with van der Waals surface area (Å²) in [5, 5.41) is 0.666. The maximum absolute atomic E-state index is 13.4. The maximum Gasteiger partial charge on any atom is 0.243 e. The molecule has 1 aliphatic heterocycles. The van der Waals surface area contributed by atoms with E-state index in [-0.39, 0.29) is 11.5 Å². The minimum atomic E-state index is -3.57. The summed E-state index contributed by atoms with van der Waals surface area (Å²) in [5.41, 5.74) is 2.03. The fraction of sp³-hybridized carbons (Fsp3) is 0.391. The molecule has 0 amide bonds. The topological polar surface area (TPSA) is 37.4 Å². The normalized spacial score (nSPS) is 20.9. The van der Waals surface area contributed by atoms with Crippen LogP contribution in [0.4, 0.5) is 0 Å². The van der Waals surface area contributed by atoms with Crippen LogP contribution in [0.2, 0.25) is 5.02 Å². The predicted octanol–water partition coefficient (Wildman–Crippen LogP) is 5.93. The smallest absolute Gasteiger partial charge is 0.207 e. The number of hydrogen-bond donors (Lipinski definition) is 0. The van der Waals surface area contributed by atoms with Crippen LogP contribution in [0.1, 0.15) is 44.2 Å². The van der Waals surface area contributed by atoms with E-state index >= 15 is 0 Å². The van der Waals surface area contributed by atoms with Crippen LogP contribution in [-0.4, -0.2) is 25.3 Å². The van der Waals surface area contributed by atoms with E-state index < -0.39 is 10.0 Å². The summed E-state index contributed by atoms with van der Waals surface area (Å²) in [6.45, 7) is 6.91. The number of halogens is 1. The first kappa shape index (κ1) is 21.1. The molecule has 1 aliphatic rings. The van der Waals surface area contributed by atoms with Crippen molar-refractivity contribution in [2.45, 2.75) is 51.0 Å². The van der Waals surface area contributed by atoms with Crippen molar-refractivity contribution in [3.8, 4) is 0 Å². The lowest BCUT2D eigenvalue weighted by atomic mass is 9.83. The fourth-order valence-electron chi connectivity index (χ4n) is 3.78. The van der Waals surface area contributed by atoms with Gasteiger partial charge in [-0.1, -0.05) is 73.5 Å². The summed E-state index contributed by atoms with van der Waals surface area (Å²) in [7, 11) is -3.57. The zero-order valence-corrected chi connectivity index (χ0v) is 18.3. The van der Waals surface area contributed by atoms with E-state index in [2.05, 4.69) is 13.8 Å². The lowest BCUT2D eigenvalue weighted by Crippen LogP contribution is -2.39. The van der Waals surface area contributed by atoms with E-state index in [1.165, 1.54) is 0 Å². The zero-order chi connectivity index (χ0) is 20.4. The van der Waals surface area contributed by atoms with Crippen molar-refractivity contribution in [3.05, 3.63) is 70.8 Å². The largest absolute Gasteiger partial charge is 0.243 e. The van der Waals surface area contributed by atoms with E-state index in [1.54, 1.807) is 16.4 Å². The van der Waals surface area contributed by atoms with Gasteiger partial charge in [0, 0.05) is 17.6 Å². The van der Waals surface area contributed by atoms with Gasteiger partial charge in [-0.15, -0.1) is 0 Å². The van der Waals surface area contributed by atoms with Gasteiger partial charge >= 0.3 is 0 Å². The molecular formula is C23H28ClNO2S. The Morgan fingerprint density at radius 1 is 1.11 bits per heavy atom. The van der Waals surface area contributed by atoms with Crippen molar-refractivity contribution in [2.24, 2.45) is 5.41 Å². The number of rotatable bonds is 4. The number of hydrogen-bond acceptors (Lipinski definition) is 2. The minimum Gasteiger partial charge on any atom is -0.207 e. The SMILES string of the molecule is Cc1ccc(S(=O)(=O)N2CCCC(C)(C)CC2/C=C/c2ccccc2Cl)cc1. The molecule has 1 unspecified atom stereocenters. The van der Waals surface area contributed by atoms with Crippen LogP contribution < -0.4 is 0 Å². The highest BCUT2D eigenvalue weighted by atomic mass is 35.5. The Hall–Kier alpha value is -1.62. The summed E-state index contributed by atoms with van der Waals surface area (Å²) in [6, 6.07) is 14.5. The van der Waals surface area contributed by atoms with E-state index in [1.807, 2.05) is 55.5 Å². The summed E-state index contributed by atoms with van der Waals surface area (Å²) >= 11 is 6.28. The molecule has 0 radical (unpaired) electrons. The third-order valence-electron chi connectivity index (χ3n) is 5.39. The first-order valence-electron chi connectivity index (χ1n) is 9.70. The second kappa shape index (κ2) is 8.40. The van der Waals surface area contributed by atoms with Crippen LogP contribution in [0, 0.1) is 12.3 Å². The van der Waals surface area contributed by atoms with Crippen LogP contribution in [0.15, 0.2) is 59.5 Å². The highest BCUT2D eigenvalue weighted by Crippen LogP contribution is 2.36. The molecule has 1 saturated heterocycles. The quantitative estimate of drug-likeness (QED) is 0.618. The molecule has 1 fully saturated rings. The van der Waals surface area contributed by atoms with E-state index in [9.17, 15) is 8.42 Å². The molecule has 0 saturated carbocycles. The first-order chi connectivity index (χ1) is 13.2. The predicted molar refractivity (Wildman–Crippen MR) is 117 cm³/mol. The van der Waals surface area contributed by atoms with Crippen LogP contribution in [0.5, 0.6) is 0 Å². The third kappa shape index (κ3) is 4.86. The number of benzene rings is 2. The fourth-order valence-corrected chi connectivity index (χ4v) is 5.60. The lowest BCUT2D eigenvalue weighted by Gasteiger charge is -2.30. The molecule has 0 bridgehead atoms. The van der Waals surface area contributed by atoms with Gasteiger partial charge in [-0.05, 0) is 55.4 Å². The lowest BCUT2D eigenvalue weighted by molar-refractivity contribution is 0.282. The van der Waals surface area contributed by atoms with Crippen molar-refractivity contribution >= 4 is 27.7 Å². The number of aryl methyl sites for hydroxylation is 1. The molecule has 150 valence electrons. The average molecular weight is 418 g/mol. The van der Waals surface area contributed by atoms with Gasteiger partial charge in [0.2, 0.25) is 10.0 Å². The van der Waals surface area contributed by atoms with Crippen molar-refractivity contribution in [1.82, 2.24) is 4.31 Å². The Bertz CT molecular complexity index is 949. The van der Waals surface area contributed by atoms with Crippen LogP contribution in [0.3, 0.4) is 0 Å². The highest BCUT2D eigenvalue weighted by Gasteiger charge is 2.36. The highest BCUT2D eigenvalue weighted by molar-refractivity contribution is 7.89. The second-order valence-corrected chi connectivity index (χ2v) is 10.6. The molecule has 0 spiro atoms. The monoisotopic (exact) mass is 417 g/mol. The molecule has 2 aromatic carbocycles. The molecular weight excluding hydrogens is 390 g/mol. The van der Waals surface area contributed by atoms with Crippen LogP contribution >= 0.6 is 11.6 Å². The van der Waals surface area contributed by atoms with Gasteiger partial charge in [-0.25, -0.2) is 8.42 Å². The second-order valence-electron chi connectivity index (χ2n) is 8.35. The average Bonchev–Trinajstić information content (AvgIpc) is 2.79. The first-order valence-corrected chi connectivity index (χ1v) is 11.5. The molecule has 3 nitrogen and oxygen atoms in total.